The summed E-state index contributed by atoms with van der Waals surface area (Å²) >= 11 is 0. The maximum absolute atomic E-state index is 13.0. The molecule has 0 radical (unpaired) electrons. The Balaban J connectivity index is 1.41. The van der Waals surface area contributed by atoms with Gasteiger partial charge in [0.1, 0.15) is 6.61 Å². The van der Waals surface area contributed by atoms with E-state index in [2.05, 4.69) is 16.9 Å². The lowest BCUT2D eigenvalue weighted by molar-refractivity contribution is -0.143. The van der Waals surface area contributed by atoms with Crippen LogP contribution in [0.1, 0.15) is 60.3 Å². The molecule has 2 aliphatic heterocycles. The first kappa shape index (κ1) is 25.3. The molecule has 1 amide bonds. The van der Waals surface area contributed by atoms with E-state index >= 15 is 0 Å². The molecule has 0 saturated carbocycles. The molecule has 6 nitrogen and oxygen atoms in total. The number of likely N-dealkylation sites (tertiary alicyclic amines) is 1. The number of ether oxygens (including phenoxy) is 1. The van der Waals surface area contributed by atoms with Crippen molar-refractivity contribution in [1.29, 1.82) is 0 Å². The summed E-state index contributed by atoms with van der Waals surface area (Å²) in [6.45, 7) is 4.27. The normalized spacial score (nSPS) is 18.3. The molecule has 1 unspecified atom stereocenters. The van der Waals surface area contributed by atoms with E-state index in [0.717, 1.165) is 37.3 Å². The first-order valence-corrected chi connectivity index (χ1v) is 11.4. The van der Waals surface area contributed by atoms with E-state index in [4.69, 9.17) is 4.74 Å². The zero-order valence-corrected chi connectivity index (χ0v) is 19.1. The molecular weight excluding hydrogens is 478 g/mol. The molecule has 0 spiro atoms. The smallest absolute Gasteiger partial charge is 0.416 e. The van der Waals surface area contributed by atoms with Crippen molar-refractivity contribution < 1.29 is 35.9 Å². The summed E-state index contributed by atoms with van der Waals surface area (Å²) in [7, 11) is 0. The van der Waals surface area contributed by atoms with E-state index in [1.807, 2.05) is 10.7 Å². The van der Waals surface area contributed by atoms with Crippen LogP contribution in [0.2, 0.25) is 0 Å². The third-order valence-electron chi connectivity index (χ3n) is 6.45. The summed E-state index contributed by atoms with van der Waals surface area (Å²) in [6.07, 6.45) is -7.23. The second kappa shape index (κ2) is 9.71. The van der Waals surface area contributed by atoms with E-state index in [-0.39, 0.29) is 30.8 Å². The number of nitrogens with zero attached hydrogens (tertiary/aromatic N) is 4. The molecule has 1 aromatic heterocycles. The van der Waals surface area contributed by atoms with E-state index < -0.39 is 36.2 Å². The molecule has 4 rings (SSSR count). The van der Waals surface area contributed by atoms with E-state index in [1.54, 1.807) is 0 Å². The first-order chi connectivity index (χ1) is 16.4. The molecule has 35 heavy (non-hydrogen) atoms. The van der Waals surface area contributed by atoms with Gasteiger partial charge in [-0.1, -0.05) is 6.42 Å². The molecule has 0 N–H and O–H groups in total. The van der Waals surface area contributed by atoms with Crippen molar-refractivity contribution in [3.8, 4) is 0 Å². The van der Waals surface area contributed by atoms with E-state index in [1.165, 1.54) is 11.3 Å². The monoisotopic (exact) mass is 504 g/mol. The largest absolute Gasteiger partial charge is 0.445 e. The Labute approximate surface area is 198 Å². The van der Waals surface area contributed by atoms with Crippen molar-refractivity contribution in [1.82, 2.24) is 19.6 Å². The number of hydrogen-bond donors (Lipinski definition) is 0. The highest BCUT2D eigenvalue weighted by Gasteiger charge is 2.37. The Hall–Kier alpha value is -2.76. The van der Waals surface area contributed by atoms with Crippen LogP contribution in [0.25, 0.3) is 0 Å². The highest BCUT2D eigenvalue weighted by atomic mass is 19.4. The fourth-order valence-electron chi connectivity index (χ4n) is 4.48. The Morgan fingerprint density at radius 2 is 1.57 bits per heavy atom. The minimum Gasteiger partial charge on any atom is -0.445 e. The van der Waals surface area contributed by atoms with Gasteiger partial charge >= 0.3 is 18.4 Å². The van der Waals surface area contributed by atoms with Gasteiger partial charge in [-0.15, -0.1) is 0 Å². The molecule has 192 valence electrons. The second-order valence-corrected chi connectivity index (χ2v) is 8.95. The molecule has 0 aliphatic carbocycles. The number of piperidine rings is 1. The van der Waals surface area contributed by atoms with E-state index in [0.29, 0.717) is 18.7 Å². The van der Waals surface area contributed by atoms with Gasteiger partial charge in [0.15, 0.2) is 0 Å². The minimum absolute atomic E-state index is 0.0413. The van der Waals surface area contributed by atoms with Crippen molar-refractivity contribution in [2.24, 2.45) is 0 Å². The van der Waals surface area contributed by atoms with E-state index in [9.17, 15) is 31.1 Å². The van der Waals surface area contributed by atoms with Gasteiger partial charge in [0.25, 0.3) is 0 Å². The van der Waals surface area contributed by atoms with Crippen LogP contribution in [0.3, 0.4) is 0 Å². The third kappa shape index (κ3) is 5.91. The zero-order valence-electron chi connectivity index (χ0n) is 19.1. The predicted molar refractivity (Wildman–Crippen MR) is 113 cm³/mol. The van der Waals surface area contributed by atoms with Crippen molar-refractivity contribution in [3.05, 3.63) is 52.3 Å². The molecule has 1 fully saturated rings. The van der Waals surface area contributed by atoms with Gasteiger partial charge in [0.2, 0.25) is 0 Å². The van der Waals surface area contributed by atoms with Gasteiger partial charge in [0, 0.05) is 6.54 Å². The van der Waals surface area contributed by atoms with Gasteiger partial charge in [-0.05, 0) is 62.7 Å². The topological polar surface area (TPSA) is 50.6 Å². The molecule has 3 heterocycles. The first-order valence-electron chi connectivity index (χ1n) is 11.4. The molecule has 2 aromatic rings. The van der Waals surface area contributed by atoms with Gasteiger partial charge in [0.05, 0.1) is 41.6 Å². The van der Waals surface area contributed by atoms with Gasteiger partial charge in [-0.25, -0.2) is 4.79 Å². The fraction of sp³-hybridized carbons (Fsp3) is 0.565. The standard InChI is InChI=1S/C23H26F6N4O2/c1-15(31-5-3-2-4-6-31)20-12-19-13-32(7-8-33(19)30-20)21(34)35-14-16-9-17(22(24,25)26)11-18(10-16)23(27,28)29/h9-12,15H,2-8,13-14H2,1H3. The second-order valence-electron chi connectivity index (χ2n) is 8.95. The van der Waals surface area contributed by atoms with Crippen LogP contribution in [0.15, 0.2) is 24.3 Å². The molecule has 1 saturated heterocycles. The molecule has 1 aromatic carbocycles. The van der Waals surface area contributed by atoms with Crippen LogP contribution in [0, 0.1) is 0 Å². The average molecular weight is 504 g/mol. The highest BCUT2D eigenvalue weighted by Crippen LogP contribution is 2.36. The summed E-state index contributed by atoms with van der Waals surface area (Å²) in [6, 6.07) is 3.22. The van der Waals surface area contributed by atoms with Crippen molar-refractivity contribution in [2.75, 3.05) is 19.6 Å². The Kier molecular flexibility index (Phi) is 7.03. The number of carbonyl (C=O) groups is 1. The van der Waals surface area contributed by atoms with Crippen LogP contribution in [0.5, 0.6) is 0 Å². The quantitative estimate of drug-likeness (QED) is 0.508. The summed E-state index contributed by atoms with van der Waals surface area (Å²) < 4.78 is 85.2. The molecule has 0 bridgehead atoms. The van der Waals surface area contributed by atoms with Crippen LogP contribution in [-0.2, 0) is 36.8 Å². The molecule has 1 atom stereocenters. The molecule has 2 aliphatic rings. The number of rotatable bonds is 4. The number of halogens is 6. The van der Waals surface area contributed by atoms with Crippen molar-refractivity contribution >= 4 is 6.09 Å². The summed E-state index contributed by atoms with van der Waals surface area (Å²) in [4.78, 5) is 16.3. The van der Waals surface area contributed by atoms with Crippen LogP contribution >= 0.6 is 0 Å². The zero-order chi connectivity index (χ0) is 25.4. The number of aromatic nitrogens is 2. The van der Waals surface area contributed by atoms with Crippen LogP contribution < -0.4 is 0 Å². The summed E-state index contributed by atoms with van der Waals surface area (Å²) in [5, 5.41) is 4.66. The van der Waals surface area contributed by atoms with Gasteiger partial charge in [-0.3, -0.25) is 9.58 Å². The molecule has 12 heteroatoms. The van der Waals surface area contributed by atoms with Crippen LogP contribution in [0.4, 0.5) is 31.1 Å². The maximum atomic E-state index is 13.0. The van der Waals surface area contributed by atoms with Gasteiger partial charge < -0.3 is 9.64 Å². The third-order valence-corrected chi connectivity index (χ3v) is 6.45. The highest BCUT2D eigenvalue weighted by molar-refractivity contribution is 5.67. The molecular formula is C23H26F6N4O2. The number of alkyl halides is 6. The Morgan fingerprint density at radius 3 is 2.17 bits per heavy atom. The average Bonchev–Trinajstić information content (AvgIpc) is 3.24. The Bertz CT molecular complexity index is 1030. The van der Waals surface area contributed by atoms with Crippen molar-refractivity contribution in [3.63, 3.8) is 0 Å². The summed E-state index contributed by atoms with van der Waals surface area (Å²) in [5.41, 5.74) is -1.59. The number of amides is 1. The maximum Gasteiger partial charge on any atom is 0.416 e. The Morgan fingerprint density at radius 1 is 0.943 bits per heavy atom. The number of fused-ring (bicyclic) bond motifs is 1. The summed E-state index contributed by atoms with van der Waals surface area (Å²) in [5.74, 6) is 0. The number of benzene rings is 1. The lowest BCUT2D eigenvalue weighted by Crippen LogP contribution is -2.38. The lowest BCUT2D eigenvalue weighted by Gasteiger charge is -2.31. The fourth-order valence-corrected chi connectivity index (χ4v) is 4.48. The van der Waals surface area contributed by atoms with Crippen molar-refractivity contribution in [2.45, 2.75) is 64.3 Å². The number of hydrogen-bond acceptors (Lipinski definition) is 4. The number of carbonyl (C=O) groups excluding carboxylic acids is 1. The predicted octanol–water partition coefficient (Wildman–Crippen LogP) is 5.62. The SMILES string of the molecule is CC(c1cc2n(n1)CCN(C(=O)OCc1cc(C(F)(F)F)cc(C(F)(F)F)c1)C2)N1CCCCC1. The van der Waals surface area contributed by atoms with Gasteiger partial charge in [-0.2, -0.15) is 31.4 Å². The minimum atomic E-state index is -4.96. The lowest BCUT2D eigenvalue weighted by atomic mass is 10.1. The van der Waals surface area contributed by atoms with Crippen LogP contribution in [-0.4, -0.2) is 45.3 Å².